The van der Waals surface area contributed by atoms with Crippen LogP contribution in [0.1, 0.15) is 25.7 Å². The van der Waals surface area contributed by atoms with Gasteiger partial charge in [0.2, 0.25) is 0 Å². The molecule has 4 N–H and O–H groups in total. The molecule has 2 nitrogen and oxygen atoms in total. The summed E-state index contributed by atoms with van der Waals surface area (Å²) in [5.74, 6) is 0. The third-order valence-corrected chi connectivity index (χ3v) is 3.59. The Balaban J connectivity index is 2.25. The zero-order chi connectivity index (χ0) is 7.40. The summed E-state index contributed by atoms with van der Waals surface area (Å²) in [6.45, 7) is 0. The summed E-state index contributed by atoms with van der Waals surface area (Å²) >= 11 is 2.99. The molecule has 1 fully saturated rings. The molecular weight excluding hydrogens is 164 g/mol. The predicted molar refractivity (Wildman–Crippen MR) is 49.6 cm³/mol. The Morgan fingerprint density at radius 3 is 1.90 bits per heavy atom. The van der Waals surface area contributed by atoms with Crippen LogP contribution in [0.5, 0.6) is 0 Å². The van der Waals surface area contributed by atoms with Gasteiger partial charge in [0.15, 0.2) is 0 Å². The molecule has 60 valence electrons. The summed E-state index contributed by atoms with van der Waals surface area (Å²) in [4.78, 5) is 0. The van der Waals surface area contributed by atoms with Crippen LogP contribution in [0.25, 0.3) is 0 Å². The van der Waals surface area contributed by atoms with E-state index in [0.717, 1.165) is 0 Å². The molecular formula is C6H14N2S2. The van der Waals surface area contributed by atoms with Gasteiger partial charge >= 0.3 is 0 Å². The van der Waals surface area contributed by atoms with Crippen molar-refractivity contribution in [2.45, 2.75) is 36.2 Å². The molecule has 2 atom stereocenters. The van der Waals surface area contributed by atoms with Crippen molar-refractivity contribution in [2.24, 2.45) is 10.3 Å². The predicted octanol–water partition coefficient (Wildman–Crippen LogP) is 1.51. The van der Waals surface area contributed by atoms with Crippen molar-refractivity contribution in [3.05, 3.63) is 0 Å². The van der Waals surface area contributed by atoms with Crippen LogP contribution < -0.4 is 10.3 Å². The lowest BCUT2D eigenvalue weighted by Gasteiger charge is -2.25. The Morgan fingerprint density at radius 1 is 1.00 bits per heavy atom. The second kappa shape index (κ2) is 4.49. The van der Waals surface area contributed by atoms with E-state index in [9.17, 15) is 0 Å². The molecule has 0 aromatic rings. The van der Waals surface area contributed by atoms with Gasteiger partial charge in [0.25, 0.3) is 0 Å². The summed E-state index contributed by atoms with van der Waals surface area (Å²) in [6.07, 6.45) is 5.04. The molecule has 0 saturated heterocycles. The van der Waals surface area contributed by atoms with E-state index in [0.29, 0.717) is 10.5 Å². The van der Waals surface area contributed by atoms with Crippen molar-refractivity contribution >= 4 is 23.9 Å². The summed E-state index contributed by atoms with van der Waals surface area (Å²) in [5.41, 5.74) is 0. The fourth-order valence-corrected chi connectivity index (χ4v) is 2.76. The molecule has 1 aliphatic carbocycles. The van der Waals surface area contributed by atoms with Crippen LogP contribution in [0.4, 0.5) is 0 Å². The van der Waals surface area contributed by atoms with Crippen LogP contribution in [-0.2, 0) is 0 Å². The maximum absolute atomic E-state index is 5.49. The highest BCUT2D eigenvalue weighted by atomic mass is 32.2. The summed E-state index contributed by atoms with van der Waals surface area (Å²) in [6, 6.07) is 0. The minimum absolute atomic E-state index is 0.662. The summed E-state index contributed by atoms with van der Waals surface area (Å²) < 4.78 is 0. The fourth-order valence-electron chi connectivity index (χ4n) is 1.35. The van der Waals surface area contributed by atoms with Gasteiger partial charge in [-0.15, -0.1) is 0 Å². The van der Waals surface area contributed by atoms with E-state index in [-0.39, 0.29) is 0 Å². The van der Waals surface area contributed by atoms with E-state index in [1.807, 2.05) is 0 Å². The first-order valence-electron chi connectivity index (χ1n) is 3.58. The van der Waals surface area contributed by atoms with Gasteiger partial charge in [-0.1, -0.05) is 30.3 Å². The van der Waals surface area contributed by atoms with Crippen molar-refractivity contribution < 1.29 is 0 Å². The van der Waals surface area contributed by atoms with Gasteiger partial charge < -0.3 is 0 Å². The van der Waals surface area contributed by atoms with E-state index in [1.165, 1.54) is 49.6 Å². The highest BCUT2D eigenvalue weighted by Crippen LogP contribution is 2.30. The quantitative estimate of drug-likeness (QED) is 0.629. The van der Waals surface area contributed by atoms with Crippen molar-refractivity contribution in [3.63, 3.8) is 0 Å². The lowest BCUT2D eigenvalue weighted by molar-refractivity contribution is 0.528. The van der Waals surface area contributed by atoms with E-state index in [2.05, 4.69) is 0 Å². The lowest BCUT2D eigenvalue weighted by atomic mass is 10.00. The van der Waals surface area contributed by atoms with Crippen LogP contribution in [0.15, 0.2) is 0 Å². The molecule has 0 aromatic carbocycles. The monoisotopic (exact) mass is 178 g/mol. The molecule has 0 spiro atoms. The van der Waals surface area contributed by atoms with Crippen LogP contribution in [0, 0.1) is 0 Å². The molecule has 0 aliphatic heterocycles. The SMILES string of the molecule is NSC1CCCC(SN)C1. The Bertz CT molecular complexity index is 89.7. The van der Waals surface area contributed by atoms with E-state index in [1.54, 1.807) is 0 Å². The van der Waals surface area contributed by atoms with Gasteiger partial charge in [-0.05, 0) is 19.3 Å². The molecule has 0 radical (unpaired) electrons. The average Bonchev–Trinajstić information content (AvgIpc) is 2.05. The zero-order valence-corrected chi connectivity index (χ0v) is 7.59. The molecule has 0 aromatic heterocycles. The minimum atomic E-state index is 0.662. The first-order valence-corrected chi connectivity index (χ1v) is 5.46. The summed E-state index contributed by atoms with van der Waals surface area (Å²) in [7, 11) is 0. The van der Waals surface area contributed by atoms with Crippen molar-refractivity contribution in [1.29, 1.82) is 0 Å². The highest BCUT2D eigenvalue weighted by molar-refractivity contribution is 7.98. The smallest absolute Gasteiger partial charge is 0.0201 e. The van der Waals surface area contributed by atoms with E-state index in [4.69, 9.17) is 10.3 Å². The van der Waals surface area contributed by atoms with Crippen LogP contribution in [0.3, 0.4) is 0 Å². The first kappa shape index (κ1) is 8.71. The van der Waals surface area contributed by atoms with Gasteiger partial charge in [-0.25, -0.2) is 0 Å². The summed E-state index contributed by atoms with van der Waals surface area (Å²) in [5, 5.41) is 12.3. The maximum Gasteiger partial charge on any atom is 0.0201 e. The normalized spacial score (nSPS) is 34.2. The topological polar surface area (TPSA) is 52.0 Å². The molecule has 0 heterocycles. The Hall–Kier alpha value is 0.620. The number of rotatable bonds is 2. The van der Waals surface area contributed by atoms with Gasteiger partial charge in [0.1, 0.15) is 0 Å². The third kappa shape index (κ3) is 2.34. The first-order chi connectivity index (χ1) is 4.86. The van der Waals surface area contributed by atoms with Crippen molar-refractivity contribution in [3.8, 4) is 0 Å². The van der Waals surface area contributed by atoms with Gasteiger partial charge in [0.05, 0.1) is 0 Å². The fraction of sp³-hybridized carbons (Fsp3) is 1.00. The Labute approximate surface area is 70.8 Å². The Kier molecular flexibility index (Phi) is 3.91. The molecule has 2 unspecified atom stereocenters. The zero-order valence-electron chi connectivity index (χ0n) is 5.95. The molecule has 1 aliphatic rings. The Morgan fingerprint density at radius 2 is 1.50 bits per heavy atom. The number of hydrogen-bond donors (Lipinski definition) is 2. The van der Waals surface area contributed by atoms with Gasteiger partial charge in [-0.3, -0.25) is 10.3 Å². The second-order valence-corrected chi connectivity index (χ2v) is 4.56. The van der Waals surface area contributed by atoms with Crippen LogP contribution in [0.2, 0.25) is 0 Å². The third-order valence-electron chi connectivity index (χ3n) is 1.96. The molecule has 1 rings (SSSR count). The molecule has 0 amide bonds. The molecule has 10 heavy (non-hydrogen) atoms. The van der Waals surface area contributed by atoms with Gasteiger partial charge in [0, 0.05) is 10.5 Å². The minimum Gasteiger partial charge on any atom is -0.278 e. The highest BCUT2D eigenvalue weighted by Gasteiger charge is 2.20. The average molecular weight is 178 g/mol. The van der Waals surface area contributed by atoms with E-state index >= 15 is 0 Å². The van der Waals surface area contributed by atoms with Crippen LogP contribution in [-0.4, -0.2) is 10.5 Å². The standard InChI is InChI=1S/C6H14N2S2/c7-9-5-2-1-3-6(4-5)10-8/h5-6H,1-4,7-8H2. The number of nitrogens with two attached hydrogens (primary N) is 2. The van der Waals surface area contributed by atoms with E-state index < -0.39 is 0 Å². The molecule has 4 heteroatoms. The van der Waals surface area contributed by atoms with Gasteiger partial charge in [-0.2, -0.15) is 0 Å². The van der Waals surface area contributed by atoms with Crippen molar-refractivity contribution in [1.82, 2.24) is 0 Å². The second-order valence-electron chi connectivity index (χ2n) is 2.68. The molecule has 1 saturated carbocycles. The lowest BCUT2D eigenvalue weighted by Crippen LogP contribution is -2.21. The number of hydrogen-bond acceptors (Lipinski definition) is 4. The van der Waals surface area contributed by atoms with Crippen molar-refractivity contribution in [2.75, 3.05) is 0 Å². The molecule has 0 bridgehead atoms. The largest absolute Gasteiger partial charge is 0.278 e. The maximum atomic E-state index is 5.49. The van der Waals surface area contributed by atoms with Crippen LogP contribution >= 0.6 is 23.9 Å².